The van der Waals surface area contributed by atoms with Gasteiger partial charge in [-0.25, -0.2) is 9.89 Å². The molecule has 0 aliphatic heterocycles. The number of tetrazole rings is 1. The number of aromatic amines is 1. The fourth-order valence-electron chi connectivity index (χ4n) is 1.32. The molecule has 1 unspecified atom stereocenters. The molecule has 0 aromatic carbocycles. The second kappa shape index (κ2) is 4.24. The Morgan fingerprint density at radius 2 is 2.27 bits per heavy atom. The minimum Gasteiger partial charge on any atom is -0.465 e. The summed E-state index contributed by atoms with van der Waals surface area (Å²) in [6.07, 6.45) is -1.04. The summed E-state index contributed by atoms with van der Waals surface area (Å²) in [7, 11) is 0. The number of rotatable bonds is 3. The highest BCUT2D eigenvalue weighted by molar-refractivity contribution is 5.64. The molecule has 1 aromatic heterocycles. The highest BCUT2D eigenvalue weighted by atomic mass is 16.4. The highest BCUT2D eigenvalue weighted by Gasteiger charge is 2.29. The molecule has 1 heterocycles. The molecule has 0 saturated carbocycles. The van der Waals surface area contributed by atoms with Crippen molar-refractivity contribution in [3.05, 3.63) is 5.82 Å². The van der Waals surface area contributed by atoms with Gasteiger partial charge >= 0.3 is 6.09 Å². The van der Waals surface area contributed by atoms with Crippen LogP contribution in [0.2, 0.25) is 0 Å². The molecule has 3 N–H and O–H groups in total. The van der Waals surface area contributed by atoms with Gasteiger partial charge < -0.3 is 10.4 Å². The number of H-pyrrole nitrogens is 1. The van der Waals surface area contributed by atoms with Crippen molar-refractivity contribution < 1.29 is 9.90 Å². The lowest BCUT2D eigenvalue weighted by molar-refractivity contribution is 0.189. The largest absolute Gasteiger partial charge is 0.465 e. The molecule has 1 amide bonds. The van der Waals surface area contributed by atoms with Gasteiger partial charge in [0.15, 0.2) is 5.82 Å². The van der Waals surface area contributed by atoms with E-state index >= 15 is 0 Å². The minimum absolute atomic E-state index is 0.0800. The third-order valence-corrected chi connectivity index (χ3v) is 2.19. The van der Waals surface area contributed by atoms with Gasteiger partial charge in [0.25, 0.3) is 0 Å². The number of hydrogen-bond donors (Lipinski definition) is 3. The Bertz CT molecular complexity index is 316. The summed E-state index contributed by atoms with van der Waals surface area (Å²) < 4.78 is 0. The van der Waals surface area contributed by atoms with Crippen LogP contribution < -0.4 is 5.32 Å². The third kappa shape index (κ3) is 3.19. The van der Waals surface area contributed by atoms with Crippen molar-refractivity contribution in [3.8, 4) is 0 Å². The molecule has 1 atom stereocenters. The van der Waals surface area contributed by atoms with E-state index in [-0.39, 0.29) is 17.9 Å². The second-order valence-electron chi connectivity index (χ2n) is 4.39. The average Bonchev–Trinajstić information content (AvgIpc) is 2.54. The molecular weight excluding hydrogens is 198 g/mol. The Balaban J connectivity index is 2.76. The number of nitrogens with zero attached hydrogens (tertiary/aromatic N) is 3. The molecule has 1 rings (SSSR count). The van der Waals surface area contributed by atoms with E-state index in [2.05, 4.69) is 25.9 Å². The normalized spacial score (nSPS) is 13.5. The molecule has 0 bridgehead atoms. The lowest BCUT2D eigenvalue weighted by atomic mass is 9.80. The first-order valence-electron chi connectivity index (χ1n) is 4.61. The third-order valence-electron chi connectivity index (χ3n) is 2.19. The molecule has 0 radical (unpaired) electrons. The zero-order chi connectivity index (χ0) is 11.5. The Morgan fingerprint density at radius 1 is 1.60 bits per heavy atom. The molecule has 7 nitrogen and oxygen atoms in total. The van der Waals surface area contributed by atoms with Crippen LogP contribution in [-0.4, -0.2) is 38.4 Å². The predicted molar refractivity (Wildman–Crippen MR) is 52.4 cm³/mol. The van der Waals surface area contributed by atoms with Crippen LogP contribution in [0.3, 0.4) is 0 Å². The topological polar surface area (TPSA) is 104 Å². The van der Waals surface area contributed by atoms with Crippen molar-refractivity contribution >= 4 is 6.09 Å². The van der Waals surface area contributed by atoms with Crippen molar-refractivity contribution in [2.45, 2.75) is 26.7 Å². The van der Waals surface area contributed by atoms with E-state index in [0.717, 1.165) is 0 Å². The number of carbonyl (C=O) groups is 1. The average molecular weight is 213 g/mol. The zero-order valence-corrected chi connectivity index (χ0v) is 8.98. The van der Waals surface area contributed by atoms with E-state index in [4.69, 9.17) is 5.11 Å². The standard InChI is InChI=1S/C8H15N5O2/c1-8(2,3)5(4-9-7(14)15)6-10-12-13-11-6/h5,9H,4H2,1-3H3,(H,14,15)(H,10,11,12,13). The summed E-state index contributed by atoms with van der Waals surface area (Å²) in [6.45, 7) is 6.30. The van der Waals surface area contributed by atoms with Crippen molar-refractivity contribution in [1.29, 1.82) is 0 Å². The molecule has 1 aromatic rings. The van der Waals surface area contributed by atoms with E-state index in [1.54, 1.807) is 0 Å². The van der Waals surface area contributed by atoms with Gasteiger partial charge in [-0.15, -0.1) is 5.10 Å². The van der Waals surface area contributed by atoms with E-state index < -0.39 is 6.09 Å². The molecular formula is C8H15N5O2. The van der Waals surface area contributed by atoms with Crippen molar-refractivity contribution in [1.82, 2.24) is 25.9 Å². The summed E-state index contributed by atoms with van der Waals surface area (Å²) in [6, 6.07) is 0. The molecule has 0 aliphatic rings. The molecule has 0 saturated heterocycles. The van der Waals surface area contributed by atoms with Gasteiger partial charge in [-0.3, -0.25) is 0 Å². The van der Waals surface area contributed by atoms with Crippen LogP contribution in [0.1, 0.15) is 32.5 Å². The van der Waals surface area contributed by atoms with E-state index in [9.17, 15) is 4.79 Å². The number of carboxylic acid groups (broad SMARTS) is 1. The Kier molecular flexibility index (Phi) is 3.23. The first-order chi connectivity index (χ1) is 6.91. The van der Waals surface area contributed by atoms with E-state index in [1.165, 1.54) is 0 Å². The van der Waals surface area contributed by atoms with Crippen molar-refractivity contribution in [3.63, 3.8) is 0 Å². The van der Waals surface area contributed by atoms with Gasteiger partial charge in [0.05, 0.1) is 0 Å². The number of amides is 1. The smallest absolute Gasteiger partial charge is 0.404 e. The van der Waals surface area contributed by atoms with Crippen molar-refractivity contribution in [2.24, 2.45) is 5.41 Å². The maximum Gasteiger partial charge on any atom is 0.404 e. The minimum atomic E-state index is -1.04. The van der Waals surface area contributed by atoms with Crippen LogP contribution >= 0.6 is 0 Å². The Morgan fingerprint density at radius 3 is 2.67 bits per heavy atom. The van der Waals surface area contributed by atoms with Crippen LogP contribution in [0.25, 0.3) is 0 Å². The fraction of sp³-hybridized carbons (Fsp3) is 0.750. The van der Waals surface area contributed by atoms with Crippen LogP contribution in [-0.2, 0) is 0 Å². The van der Waals surface area contributed by atoms with Crippen LogP contribution in [0.4, 0.5) is 4.79 Å². The van der Waals surface area contributed by atoms with Gasteiger partial charge in [-0.2, -0.15) is 0 Å². The molecule has 7 heteroatoms. The molecule has 84 valence electrons. The Hall–Kier alpha value is -1.66. The number of aromatic nitrogens is 4. The van der Waals surface area contributed by atoms with E-state index in [1.807, 2.05) is 20.8 Å². The highest BCUT2D eigenvalue weighted by Crippen LogP contribution is 2.31. The summed E-state index contributed by atoms with van der Waals surface area (Å²) in [5.41, 5.74) is -0.121. The van der Waals surface area contributed by atoms with Gasteiger partial charge in [-0.05, 0) is 15.8 Å². The quantitative estimate of drug-likeness (QED) is 0.682. The summed E-state index contributed by atoms with van der Waals surface area (Å²) in [5, 5.41) is 24.3. The maximum atomic E-state index is 10.4. The SMILES string of the molecule is CC(C)(C)C(CNC(=O)O)c1nnn[nH]1. The second-order valence-corrected chi connectivity index (χ2v) is 4.39. The summed E-state index contributed by atoms with van der Waals surface area (Å²) in [4.78, 5) is 10.4. The van der Waals surface area contributed by atoms with Crippen LogP contribution in [0, 0.1) is 5.41 Å². The van der Waals surface area contributed by atoms with Gasteiger partial charge in [0, 0.05) is 12.5 Å². The van der Waals surface area contributed by atoms with Gasteiger partial charge in [0.2, 0.25) is 0 Å². The lowest BCUT2D eigenvalue weighted by Crippen LogP contribution is -2.33. The Labute approximate surface area is 87.3 Å². The summed E-state index contributed by atoms with van der Waals surface area (Å²) in [5.74, 6) is 0.514. The maximum absolute atomic E-state index is 10.4. The predicted octanol–water partition coefficient (Wildman–Crippen LogP) is 0.597. The van der Waals surface area contributed by atoms with Gasteiger partial charge in [-0.1, -0.05) is 20.8 Å². The first-order valence-corrected chi connectivity index (χ1v) is 4.61. The monoisotopic (exact) mass is 213 g/mol. The molecule has 0 aliphatic carbocycles. The van der Waals surface area contributed by atoms with Crippen molar-refractivity contribution in [2.75, 3.05) is 6.54 Å². The lowest BCUT2D eigenvalue weighted by Gasteiger charge is -2.27. The molecule has 0 fully saturated rings. The van der Waals surface area contributed by atoms with Crippen LogP contribution in [0.5, 0.6) is 0 Å². The molecule has 0 spiro atoms. The van der Waals surface area contributed by atoms with Crippen LogP contribution in [0.15, 0.2) is 0 Å². The number of hydrogen-bond acceptors (Lipinski definition) is 4. The first kappa shape index (κ1) is 11.4. The van der Waals surface area contributed by atoms with Gasteiger partial charge in [0.1, 0.15) is 0 Å². The van der Waals surface area contributed by atoms with E-state index in [0.29, 0.717) is 5.82 Å². The zero-order valence-electron chi connectivity index (χ0n) is 8.98. The fourth-order valence-corrected chi connectivity index (χ4v) is 1.32. The number of nitrogens with one attached hydrogen (secondary N) is 2. The molecule has 15 heavy (non-hydrogen) atoms. The summed E-state index contributed by atoms with van der Waals surface area (Å²) >= 11 is 0.